The molecule has 4 rings (SSSR count). The molecule has 0 bridgehead atoms. The number of para-hydroxylation sites is 1. The van der Waals surface area contributed by atoms with Crippen LogP contribution in [0.25, 0.3) is 21.9 Å². The van der Waals surface area contributed by atoms with Crippen molar-refractivity contribution in [2.45, 2.75) is 17.8 Å². The number of thioether (sulfide) groups is 1. The van der Waals surface area contributed by atoms with Crippen LogP contribution in [0.2, 0.25) is 0 Å². The molecule has 0 amide bonds. The number of H-pyrrole nitrogens is 1. The van der Waals surface area contributed by atoms with E-state index in [9.17, 15) is 0 Å². The topological polar surface area (TPSA) is 50.8 Å². The molecule has 2 aromatic heterocycles. The number of nitrogens with zero attached hydrogens (tertiary/aromatic N) is 2. The first-order chi connectivity index (χ1) is 11.8. The largest absolute Gasteiger partial charge is 0.494 e. The predicted molar refractivity (Wildman–Crippen MR) is 98.6 cm³/mol. The number of hydrogen-bond acceptors (Lipinski definition) is 4. The van der Waals surface area contributed by atoms with Crippen LogP contribution in [0.15, 0.2) is 59.8 Å². The van der Waals surface area contributed by atoms with Crippen LogP contribution < -0.4 is 4.74 Å². The Balaban J connectivity index is 1.52. The Labute approximate surface area is 144 Å². The average Bonchev–Trinajstić information content (AvgIpc) is 3.02. The van der Waals surface area contributed by atoms with E-state index in [1.807, 2.05) is 43.3 Å². The summed E-state index contributed by atoms with van der Waals surface area (Å²) in [5.41, 5.74) is 4.03. The maximum Gasteiger partial charge on any atom is 0.166 e. The van der Waals surface area contributed by atoms with Gasteiger partial charge in [-0.25, -0.2) is 4.98 Å². The SMILES string of the molecule is CCOc1ccc2nc(SCc3ccc4ccccc4n3)[nH]c2c1. The Hall–Kier alpha value is -2.53. The number of rotatable bonds is 5. The second kappa shape index (κ2) is 6.53. The highest BCUT2D eigenvalue weighted by Gasteiger charge is 2.06. The highest BCUT2D eigenvalue weighted by molar-refractivity contribution is 7.98. The average molecular weight is 335 g/mol. The van der Waals surface area contributed by atoms with Gasteiger partial charge in [0.2, 0.25) is 0 Å². The minimum Gasteiger partial charge on any atom is -0.494 e. The second-order valence-electron chi connectivity index (χ2n) is 5.44. The van der Waals surface area contributed by atoms with Gasteiger partial charge in [-0.3, -0.25) is 4.98 Å². The van der Waals surface area contributed by atoms with Gasteiger partial charge in [0.15, 0.2) is 5.16 Å². The number of benzene rings is 2. The van der Waals surface area contributed by atoms with Gasteiger partial charge >= 0.3 is 0 Å². The number of imidazole rings is 1. The van der Waals surface area contributed by atoms with Gasteiger partial charge in [-0.1, -0.05) is 36.0 Å². The van der Waals surface area contributed by atoms with E-state index in [0.717, 1.165) is 38.9 Å². The summed E-state index contributed by atoms with van der Waals surface area (Å²) >= 11 is 1.66. The summed E-state index contributed by atoms with van der Waals surface area (Å²) in [4.78, 5) is 12.7. The number of nitrogens with one attached hydrogen (secondary N) is 1. The summed E-state index contributed by atoms with van der Waals surface area (Å²) < 4.78 is 5.53. The van der Waals surface area contributed by atoms with Gasteiger partial charge in [0, 0.05) is 17.2 Å². The first kappa shape index (κ1) is 15.0. The highest BCUT2D eigenvalue weighted by atomic mass is 32.2. The molecule has 1 N–H and O–H groups in total. The van der Waals surface area contributed by atoms with Crippen molar-refractivity contribution in [1.29, 1.82) is 0 Å². The predicted octanol–water partition coefficient (Wildman–Crippen LogP) is 4.80. The Kier molecular flexibility index (Phi) is 4.09. The quantitative estimate of drug-likeness (QED) is 0.532. The number of hydrogen-bond donors (Lipinski definition) is 1. The maximum absolute atomic E-state index is 5.53. The molecule has 0 unspecified atom stereocenters. The molecule has 2 heterocycles. The van der Waals surface area contributed by atoms with Crippen molar-refractivity contribution < 1.29 is 4.74 Å². The van der Waals surface area contributed by atoms with E-state index in [1.54, 1.807) is 11.8 Å². The van der Waals surface area contributed by atoms with Crippen LogP contribution in [0.3, 0.4) is 0 Å². The van der Waals surface area contributed by atoms with Gasteiger partial charge in [0.25, 0.3) is 0 Å². The van der Waals surface area contributed by atoms with Crippen molar-refractivity contribution in [3.8, 4) is 5.75 Å². The monoisotopic (exact) mass is 335 g/mol. The summed E-state index contributed by atoms with van der Waals surface area (Å²) in [6, 6.07) is 18.3. The lowest BCUT2D eigenvalue weighted by Crippen LogP contribution is -1.90. The fraction of sp³-hybridized carbons (Fsp3) is 0.158. The Bertz CT molecular complexity index is 996. The zero-order chi connectivity index (χ0) is 16.4. The summed E-state index contributed by atoms with van der Waals surface area (Å²) in [5, 5.41) is 2.06. The molecule has 0 aliphatic carbocycles. The van der Waals surface area contributed by atoms with Gasteiger partial charge in [0.1, 0.15) is 5.75 Å². The number of aromatic nitrogens is 3. The van der Waals surface area contributed by atoms with Crippen LogP contribution in [-0.4, -0.2) is 21.6 Å². The van der Waals surface area contributed by atoms with E-state index < -0.39 is 0 Å². The normalized spacial score (nSPS) is 11.2. The second-order valence-corrected chi connectivity index (χ2v) is 6.40. The molecule has 0 aliphatic heterocycles. The summed E-state index contributed by atoms with van der Waals surface area (Å²) in [6.07, 6.45) is 0. The molecule has 0 saturated carbocycles. The van der Waals surface area contributed by atoms with E-state index >= 15 is 0 Å². The van der Waals surface area contributed by atoms with E-state index in [0.29, 0.717) is 6.61 Å². The zero-order valence-electron chi connectivity index (χ0n) is 13.3. The van der Waals surface area contributed by atoms with Gasteiger partial charge in [-0.15, -0.1) is 0 Å². The van der Waals surface area contributed by atoms with Crippen molar-refractivity contribution >= 4 is 33.7 Å². The van der Waals surface area contributed by atoms with Crippen molar-refractivity contribution in [3.63, 3.8) is 0 Å². The third-order valence-corrected chi connectivity index (χ3v) is 4.66. The van der Waals surface area contributed by atoms with Crippen LogP contribution in [-0.2, 0) is 5.75 Å². The van der Waals surface area contributed by atoms with E-state index in [1.165, 1.54) is 5.39 Å². The fourth-order valence-corrected chi connectivity index (χ4v) is 3.41. The molecule has 0 saturated heterocycles. The van der Waals surface area contributed by atoms with Crippen LogP contribution in [0.5, 0.6) is 5.75 Å². The third kappa shape index (κ3) is 3.08. The Morgan fingerprint density at radius 2 is 1.92 bits per heavy atom. The molecular formula is C19H17N3OS. The van der Waals surface area contributed by atoms with E-state index in [4.69, 9.17) is 9.72 Å². The Morgan fingerprint density at radius 1 is 1.00 bits per heavy atom. The molecular weight excluding hydrogens is 318 g/mol. The summed E-state index contributed by atoms with van der Waals surface area (Å²) in [6.45, 7) is 2.64. The third-order valence-electron chi connectivity index (χ3n) is 3.76. The van der Waals surface area contributed by atoms with Gasteiger partial charge in [-0.05, 0) is 31.2 Å². The molecule has 24 heavy (non-hydrogen) atoms. The van der Waals surface area contributed by atoms with Gasteiger partial charge in [0.05, 0.1) is 28.9 Å². The molecule has 0 spiro atoms. The van der Waals surface area contributed by atoms with Crippen molar-refractivity contribution in [3.05, 3.63) is 60.3 Å². The first-order valence-electron chi connectivity index (χ1n) is 7.92. The molecule has 120 valence electrons. The van der Waals surface area contributed by atoms with Gasteiger partial charge in [-0.2, -0.15) is 0 Å². The van der Waals surface area contributed by atoms with E-state index in [2.05, 4.69) is 28.2 Å². The molecule has 0 aliphatic rings. The number of pyridine rings is 1. The smallest absolute Gasteiger partial charge is 0.166 e. The zero-order valence-corrected chi connectivity index (χ0v) is 14.1. The standard InChI is InChI=1S/C19H17N3OS/c1-2-23-15-9-10-17-18(11-15)22-19(21-17)24-12-14-8-7-13-5-3-4-6-16(13)20-14/h3-11H,2,12H2,1H3,(H,21,22). The number of fused-ring (bicyclic) bond motifs is 2. The highest BCUT2D eigenvalue weighted by Crippen LogP contribution is 2.25. The lowest BCUT2D eigenvalue weighted by atomic mass is 10.2. The van der Waals surface area contributed by atoms with Crippen LogP contribution in [0.4, 0.5) is 0 Å². The minimum absolute atomic E-state index is 0.662. The minimum atomic E-state index is 0.662. The van der Waals surface area contributed by atoms with Crippen LogP contribution in [0, 0.1) is 0 Å². The fourth-order valence-electron chi connectivity index (χ4n) is 2.62. The first-order valence-corrected chi connectivity index (χ1v) is 8.90. The molecule has 0 fully saturated rings. The van der Waals surface area contributed by atoms with Gasteiger partial charge < -0.3 is 9.72 Å². The molecule has 0 atom stereocenters. The summed E-state index contributed by atoms with van der Waals surface area (Å²) in [5.74, 6) is 1.64. The maximum atomic E-state index is 5.53. The lowest BCUT2D eigenvalue weighted by molar-refractivity contribution is 0.340. The van der Waals surface area contributed by atoms with Crippen LogP contribution in [0.1, 0.15) is 12.6 Å². The van der Waals surface area contributed by atoms with Crippen molar-refractivity contribution in [2.24, 2.45) is 0 Å². The lowest BCUT2D eigenvalue weighted by Gasteiger charge is -2.01. The molecule has 4 aromatic rings. The summed E-state index contributed by atoms with van der Waals surface area (Å²) in [7, 11) is 0. The van der Waals surface area contributed by atoms with Crippen LogP contribution >= 0.6 is 11.8 Å². The molecule has 2 aromatic carbocycles. The van der Waals surface area contributed by atoms with Crippen molar-refractivity contribution in [2.75, 3.05) is 6.61 Å². The number of aromatic amines is 1. The molecule has 5 heteroatoms. The molecule has 0 radical (unpaired) electrons. The number of ether oxygens (including phenoxy) is 1. The van der Waals surface area contributed by atoms with Crippen molar-refractivity contribution in [1.82, 2.24) is 15.0 Å². The molecule has 4 nitrogen and oxygen atoms in total. The van der Waals surface area contributed by atoms with E-state index in [-0.39, 0.29) is 0 Å². The Morgan fingerprint density at radius 3 is 2.83 bits per heavy atom.